The van der Waals surface area contributed by atoms with Crippen molar-refractivity contribution in [2.75, 3.05) is 12.5 Å². The van der Waals surface area contributed by atoms with Gasteiger partial charge in [0.05, 0.1) is 12.8 Å². The molecule has 2 aromatic rings. The lowest BCUT2D eigenvalue weighted by Gasteiger charge is -2.02. The predicted octanol–water partition coefficient (Wildman–Crippen LogP) is 1.52. The summed E-state index contributed by atoms with van der Waals surface area (Å²) in [5, 5.41) is 5.80. The highest BCUT2D eigenvalue weighted by Gasteiger charge is 2.12. The van der Waals surface area contributed by atoms with E-state index in [1.807, 2.05) is 6.07 Å². The predicted molar refractivity (Wildman–Crippen MR) is 79.8 cm³/mol. The van der Waals surface area contributed by atoms with Gasteiger partial charge in [-0.05, 0) is 13.0 Å². The highest BCUT2D eigenvalue weighted by Crippen LogP contribution is 2.11. The maximum Gasteiger partial charge on any atom is 0.344 e. The van der Waals surface area contributed by atoms with Crippen LogP contribution in [0.2, 0.25) is 0 Å². The summed E-state index contributed by atoms with van der Waals surface area (Å²) in [6.45, 7) is 1.80. The smallest absolute Gasteiger partial charge is 0.344 e. The van der Waals surface area contributed by atoms with Crippen LogP contribution in [0.15, 0.2) is 39.8 Å². The molecule has 0 aliphatic rings. The fourth-order valence-corrected chi connectivity index (χ4v) is 2.07. The summed E-state index contributed by atoms with van der Waals surface area (Å²) in [6, 6.07) is 3.67. The van der Waals surface area contributed by atoms with E-state index in [2.05, 4.69) is 25.2 Å². The van der Waals surface area contributed by atoms with E-state index in [1.165, 1.54) is 12.5 Å². The van der Waals surface area contributed by atoms with E-state index in [1.54, 1.807) is 25.4 Å². The topological polar surface area (TPSA) is 93.5 Å². The van der Waals surface area contributed by atoms with Crippen LogP contribution in [0.4, 0.5) is 5.13 Å². The van der Waals surface area contributed by atoms with Gasteiger partial charge < -0.3 is 4.74 Å². The van der Waals surface area contributed by atoms with Crippen molar-refractivity contribution < 1.29 is 9.53 Å². The van der Waals surface area contributed by atoms with Crippen molar-refractivity contribution in [1.29, 1.82) is 0 Å². The third-order valence-corrected chi connectivity index (χ3v) is 3.29. The molecule has 0 saturated heterocycles. The fourth-order valence-electron chi connectivity index (χ4n) is 1.41. The minimum absolute atomic E-state index is 0.0963. The van der Waals surface area contributed by atoms with E-state index < -0.39 is 11.5 Å². The van der Waals surface area contributed by atoms with Crippen molar-refractivity contribution in [2.45, 2.75) is 6.92 Å². The molecule has 108 valence electrons. The Morgan fingerprint density at radius 2 is 2.29 bits per heavy atom. The van der Waals surface area contributed by atoms with Crippen molar-refractivity contribution in [3.8, 4) is 0 Å². The SMILES string of the molecule is COC(=O)c1csc(N/N=C(/C)c2cccnc2)nc1=O. The van der Waals surface area contributed by atoms with Gasteiger partial charge in [0.15, 0.2) is 0 Å². The first kappa shape index (κ1) is 14.8. The van der Waals surface area contributed by atoms with Crippen LogP contribution in [0.25, 0.3) is 0 Å². The van der Waals surface area contributed by atoms with Crippen LogP contribution in [-0.2, 0) is 4.74 Å². The Morgan fingerprint density at radius 1 is 1.48 bits per heavy atom. The zero-order valence-electron chi connectivity index (χ0n) is 11.4. The lowest BCUT2D eigenvalue weighted by atomic mass is 10.2. The number of carbonyl (C=O) groups is 1. The minimum atomic E-state index is -0.703. The van der Waals surface area contributed by atoms with Crippen molar-refractivity contribution in [3.63, 3.8) is 0 Å². The average Bonchev–Trinajstić information content (AvgIpc) is 2.52. The minimum Gasteiger partial charge on any atom is -0.465 e. The molecule has 8 heteroatoms. The highest BCUT2D eigenvalue weighted by atomic mass is 32.1. The van der Waals surface area contributed by atoms with Crippen LogP contribution >= 0.6 is 11.3 Å². The van der Waals surface area contributed by atoms with E-state index in [0.717, 1.165) is 16.9 Å². The van der Waals surface area contributed by atoms with Gasteiger partial charge >= 0.3 is 5.97 Å². The van der Waals surface area contributed by atoms with Gasteiger partial charge in [-0.1, -0.05) is 6.07 Å². The van der Waals surface area contributed by atoms with Crippen molar-refractivity contribution in [3.05, 3.63) is 51.4 Å². The monoisotopic (exact) mass is 304 g/mol. The maximum absolute atomic E-state index is 11.7. The molecule has 0 aliphatic heterocycles. The number of rotatable bonds is 4. The molecule has 0 radical (unpaired) electrons. The fraction of sp³-hybridized carbons (Fsp3) is 0.154. The molecule has 0 saturated carbocycles. The van der Waals surface area contributed by atoms with Crippen molar-refractivity contribution in [2.24, 2.45) is 5.10 Å². The first-order chi connectivity index (χ1) is 10.1. The maximum atomic E-state index is 11.7. The molecule has 0 fully saturated rings. The lowest BCUT2D eigenvalue weighted by Crippen LogP contribution is -2.18. The Labute approximate surface area is 124 Å². The number of pyridine rings is 1. The summed E-state index contributed by atoms with van der Waals surface area (Å²) in [4.78, 5) is 30.7. The van der Waals surface area contributed by atoms with Crippen molar-refractivity contribution >= 4 is 28.1 Å². The Balaban J connectivity index is 2.16. The standard InChI is InChI=1S/C13H12N4O3S/c1-8(9-4-3-5-14-6-9)16-17-13-15-11(18)10(7-21-13)12(19)20-2/h3-7H,1-2H3,(H,15,17,18)/b16-8-. The zero-order chi connectivity index (χ0) is 15.2. The number of ether oxygens (including phenoxy) is 1. The van der Waals surface area contributed by atoms with Gasteiger partial charge in [-0.15, -0.1) is 11.3 Å². The molecule has 21 heavy (non-hydrogen) atoms. The average molecular weight is 304 g/mol. The number of hydrazone groups is 1. The second-order valence-corrected chi connectivity index (χ2v) is 4.77. The Hall–Kier alpha value is -2.61. The first-order valence-corrected chi connectivity index (χ1v) is 6.78. The summed E-state index contributed by atoms with van der Waals surface area (Å²) >= 11 is 1.09. The summed E-state index contributed by atoms with van der Waals surface area (Å²) in [6.07, 6.45) is 3.35. The number of methoxy groups -OCH3 is 1. The van der Waals surface area contributed by atoms with E-state index in [-0.39, 0.29) is 10.7 Å². The number of hydrogen-bond acceptors (Lipinski definition) is 8. The normalized spacial score (nSPS) is 11.0. The molecule has 0 unspecified atom stereocenters. The van der Waals surface area contributed by atoms with E-state index in [4.69, 9.17) is 0 Å². The Morgan fingerprint density at radius 3 is 2.90 bits per heavy atom. The molecular weight excluding hydrogens is 292 g/mol. The van der Waals surface area contributed by atoms with Gasteiger partial charge in [0.2, 0.25) is 5.13 Å². The van der Waals surface area contributed by atoms with Crippen LogP contribution in [0.3, 0.4) is 0 Å². The largest absolute Gasteiger partial charge is 0.465 e. The molecule has 0 amide bonds. The van der Waals surface area contributed by atoms with Crippen LogP contribution in [0.5, 0.6) is 0 Å². The van der Waals surface area contributed by atoms with Gasteiger partial charge in [0.1, 0.15) is 5.56 Å². The third-order valence-electron chi connectivity index (χ3n) is 2.53. The van der Waals surface area contributed by atoms with Crippen LogP contribution in [0.1, 0.15) is 22.8 Å². The molecular formula is C13H12N4O3S. The van der Waals surface area contributed by atoms with Crippen LogP contribution in [-0.4, -0.2) is 28.8 Å². The molecule has 0 bridgehead atoms. The summed E-state index contributed by atoms with van der Waals surface area (Å²) in [5.74, 6) is -0.703. The molecule has 2 rings (SSSR count). The van der Waals surface area contributed by atoms with Gasteiger partial charge in [0.25, 0.3) is 5.56 Å². The summed E-state index contributed by atoms with van der Waals surface area (Å²) < 4.78 is 4.49. The second kappa shape index (κ2) is 6.71. The molecule has 0 aliphatic carbocycles. The number of nitrogens with one attached hydrogen (secondary N) is 1. The Kier molecular flexibility index (Phi) is 4.72. The number of esters is 1. The van der Waals surface area contributed by atoms with Crippen molar-refractivity contribution in [1.82, 2.24) is 9.97 Å². The third kappa shape index (κ3) is 3.69. The number of hydrogen-bond donors (Lipinski definition) is 1. The highest BCUT2D eigenvalue weighted by molar-refractivity contribution is 7.13. The number of aromatic nitrogens is 2. The molecule has 2 heterocycles. The number of nitrogens with zero attached hydrogens (tertiary/aromatic N) is 3. The van der Waals surface area contributed by atoms with Gasteiger partial charge in [-0.2, -0.15) is 10.1 Å². The Bertz CT molecular complexity index is 728. The lowest BCUT2D eigenvalue weighted by molar-refractivity contribution is 0.0599. The quantitative estimate of drug-likeness (QED) is 0.523. The van der Waals surface area contributed by atoms with Crippen LogP contribution < -0.4 is 11.0 Å². The second-order valence-electron chi connectivity index (χ2n) is 3.91. The van der Waals surface area contributed by atoms with E-state index in [9.17, 15) is 9.59 Å². The molecule has 7 nitrogen and oxygen atoms in total. The number of anilines is 1. The molecule has 1 N–H and O–H groups in total. The molecule has 0 aromatic carbocycles. The van der Waals surface area contributed by atoms with Gasteiger partial charge in [0, 0.05) is 23.3 Å². The summed E-state index contributed by atoms with van der Waals surface area (Å²) in [5.41, 5.74) is 3.48. The van der Waals surface area contributed by atoms with Gasteiger partial charge in [-0.25, -0.2) is 4.79 Å². The van der Waals surface area contributed by atoms with E-state index in [0.29, 0.717) is 5.71 Å². The van der Waals surface area contributed by atoms with Gasteiger partial charge in [-0.3, -0.25) is 15.2 Å². The summed E-state index contributed by atoms with van der Waals surface area (Å²) in [7, 11) is 1.21. The first-order valence-electron chi connectivity index (χ1n) is 5.90. The molecule has 0 spiro atoms. The van der Waals surface area contributed by atoms with Crippen LogP contribution in [0, 0.1) is 0 Å². The number of carbonyl (C=O) groups excluding carboxylic acids is 1. The molecule has 2 aromatic heterocycles. The zero-order valence-corrected chi connectivity index (χ0v) is 12.2. The van der Waals surface area contributed by atoms with E-state index >= 15 is 0 Å². The molecule has 0 atom stereocenters.